The Hall–Kier alpha value is -1.44. The van der Waals surface area contributed by atoms with Crippen LogP contribution in [0.15, 0.2) is 18.2 Å². The van der Waals surface area contributed by atoms with Gasteiger partial charge in [0.05, 0.1) is 6.04 Å². The summed E-state index contributed by atoms with van der Waals surface area (Å²) in [5, 5.41) is 0. The van der Waals surface area contributed by atoms with E-state index in [1.807, 2.05) is 0 Å². The molecule has 0 aliphatic rings. The van der Waals surface area contributed by atoms with E-state index < -0.39 is 17.7 Å². The summed E-state index contributed by atoms with van der Waals surface area (Å²) in [7, 11) is 0. The first kappa shape index (κ1) is 11.6. The summed E-state index contributed by atoms with van der Waals surface area (Å²) in [5.74, 6) is 8.94. The van der Waals surface area contributed by atoms with Gasteiger partial charge in [0, 0.05) is 12.0 Å². The van der Waals surface area contributed by atoms with Crippen LogP contribution in [-0.4, -0.2) is 0 Å². The van der Waals surface area contributed by atoms with Gasteiger partial charge >= 0.3 is 0 Å². The van der Waals surface area contributed by atoms with Gasteiger partial charge in [-0.15, -0.1) is 11.8 Å². The van der Waals surface area contributed by atoms with Gasteiger partial charge in [0.25, 0.3) is 0 Å². The number of halogens is 2. The molecule has 0 aliphatic heterocycles. The lowest BCUT2D eigenvalue weighted by Crippen LogP contribution is -2.28. The number of hydrazine groups is 1. The molecular formula is C11H12F2N2. The van der Waals surface area contributed by atoms with Crippen LogP contribution >= 0.6 is 0 Å². The Kier molecular flexibility index (Phi) is 4.22. The Morgan fingerprint density at radius 2 is 2.20 bits per heavy atom. The first-order chi connectivity index (χ1) is 7.20. The van der Waals surface area contributed by atoms with Crippen molar-refractivity contribution in [3.05, 3.63) is 35.4 Å². The SMILES string of the molecule is CC#CCC(NN)c1cccc(F)c1F. The first-order valence-electron chi connectivity index (χ1n) is 4.50. The molecule has 15 heavy (non-hydrogen) atoms. The second-order valence-electron chi connectivity index (χ2n) is 2.99. The molecule has 0 aliphatic carbocycles. The van der Waals surface area contributed by atoms with E-state index in [0.29, 0.717) is 6.42 Å². The lowest BCUT2D eigenvalue weighted by atomic mass is 10.0. The predicted octanol–water partition coefficient (Wildman–Crippen LogP) is 1.88. The average Bonchev–Trinajstić information content (AvgIpc) is 2.25. The number of hydrogen-bond donors (Lipinski definition) is 2. The molecule has 1 atom stereocenters. The molecule has 1 rings (SSSR count). The van der Waals surface area contributed by atoms with Crippen LogP contribution in [0.1, 0.15) is 24.9 Å². The molecule has 2 nitrogen and oxygen atoms in total. The maximum Gasteiger partial charge on any atom is 0.163 e. The molecule has 0 aromatic heterocycles. The topological polar surface area (TPSA) is 38.0 Å². The molecular weight excluding hydrogens is 198 g/mol. The Bertz CT molecular complexity index is 393. The second-order valence-corrected chi connectivity index (χ2v) is 2.99. The van der Waals surface area contributed by atoms with Gasteiger partial charge in [-0.25, -0.2) is 8.78 Å². The van der Waals surface area contributed by atoms with Gasteiger partial charge in [-0.1, -0.05) is 12.1 Å². The quantitative estimate of drug-likeness (QED) is 0.454. The highest BCUT2D eigenvalue weighted by atomic mass is 19.2. The van der Waals surface area contributed by atoms with Gasteiger partial charge in [0.1, 0.15) is 0 Å². The van der Waals surface area contributed by atoms with Crippen molar-refractivity contribution in [3.8, 4) is 11.8 Å². The van der Waals surface area contributed by atoms with Crippen molar-refractivity contribution >= 4 is 0 Å². The van der Waals surface area contributed by atoms with E-state index in [2.05, 4.69) is 17.3 Å². The second kappa shape index (κ2) is 5.44. The fourth-order valence-corrected chi connectivity index (χ4v) is 1.25. The third-order valence-corrected chi connectivity index (χ3v) is 2.04. The van der Waals surface area contributed by atoms with Gasteiger partial charge < -0.3 is 0 Å². The molecule has 0 amide bonds. The molecule has 0 saturated heterocycles. The Labute approximate surface area is 87.4 Å². The number of hydrogen-bond acceptors (Lipinski definition) is 2. The summed E-state index contributed by atoms with van der Waals surface area (Å²) in [5.41, 5.74) is 2.61. The van der Waals surface area contributed by atoms with Crippen molar-refractivity contribution < 1.29 is 8.78 Å². The van der Waals surface area contributed by atoms with Crippen molar-refractivity contribution in [2.24, 2.45) is 5.84 Å². The van der Waals surface area contributed by atoms with Crippen LogP contribution in [-0.2, 0) is 0 Å². The third kappa shape index (κ3) is 2.75. The van der Waals surface area contributed by atoms with Crippen LogP contribution in [0.5, 0.6) is 0 Å². The summed E-state index contributed by atoms with van der Waals surface area (Å²) in [4.78, 5) is 0. The molecule has 4 heteroatoms. The Balaban J connectivity index is 2.99. The highest BCUT2D eigenvalue weighted by Gasteiger charge is 2.15. The molecule has 0 heterocycles. The number of nitrogens with one attached hydrogen (secondary N) is 1. The fourth-order valence-electron chi connectivity index (χ4n) is 1.25. The van der Waals surface area contributed by atoms with E-state index in [9.17, 15) is 8.78 Å². The van der Waals surface area contributed by atoms with Crippen LogP contribution in [0.25, 0.3) is 0 Å². The Morgan fingerprint density at radius 3 is 2.80 bits per heavy atom. The van der Waals surface area contributed by atoms with Gasteiger partial charge in [0.15, 0.2) is 11.6 Å². The number of benzene rings is 1. The molecule has 1 unspecified atom stereocenters. The smallest absolute Gasteiger partial charge is 0.163 e. The van der Waals surface area contributed by atoms with Crippen molar-refractivity contribution in [1.29, 1.82) is 0 Å². The zero-order valence-corrected chi connectivity index (χ0v) is 8.35. The van der Waals surface area contributed by atoms with Gasteiger partial charge in [0.2, 0.25) is 0 Å². The summed E-state index contributed by atoms with van der Waals surface area (Å²) in [6, 6.07) is 3.50. The average molecular weight is 210 g/mol. The summed E-state index contributed by atoms with van der Waals surface area (Å²) in [6.45, 7) is 1.68. The zero-order valence-electron chi connectivity index (χ0n) is 8.35. The highest BCUT2D eigenvalue weighted by Crippen LogP contribution is 2.20. The Morgan fingerprint density at radius 1 is 1.47 bits per heavy atom. The zero-order chi connectivity index (χ0) is 11.3. The summed E-state index contributed by atoms with van der Waals surface area (Å²) >= 11 is 0. The summed E-state index contributed by atoms with van der Waals surface area (Å²) < 4.78 is 26.3. The van der Waals surface area contributed by atoms with E-state index in [1.54, 1.807) is 6.92 Å². The molecule has 0 spiro atoms. The monoisotopic (exact) mass is 210 g/mol. The lowest BCUT2D eigenvalue weighted by molar-refractivity contribution is 0.468. The van der Waals surface area contributed by atoms with Gasteiger partial charge in [-0.05, 0) is 13.0 Å². The highest BCUT2D eigenvalue weighted by molar-refractivity contribution is 5.23. The minimum absolute atomic E-state index is 0.195. The van der Waals surface area contributed by atoms with Crippen molar-refractivity contribution in [2.75, 3.05) is 0 Å². The van der Waals surface area contributed by atoms with Gasteiger partial charge in [-0.3, -0.25) is 11.3 Å². The molecule has 0 radical (unpaired) electrons. The molecule has 3 N–H and O–H groups in total. The van der Waals surface area contributed by atoms with E-state index in [0.717, 1.165) is 6.07 Å². The van der Waals surface area contributed by atoms with Crippen molar-refractivity contribution in [3.63, 3.8) is 0 Å². The third-order valence-electron chi connectivity index (χ3n) is 2.04. The molecule has 1 aromatic carbocycles. The molecule has 0 fully saturated rings. The van der Waals surface area contributed by atoms with Crippen molar-refractivity contribution in [1.82, 2.24) is 5.43 Å². The van der Waals surface area contributed by atoms with Crippen LogP contribution in [0, 0.1) is 23.5 Å². The molecule has 0 saturated carbocycles. The van der Waals surface area contributed by atoms with E-state index in [4.69, 9.17) is 5.84 Å². The predicted molar refractivity (Wildman–Crippen MR) is 54.5 cm³/mol. The van der Waals surface area contributed by atoms with Crippen LogP contribution in [0.2, 0.25) is 0 Å². The maximum absolute atomic E-state index is 13.3. The normalized spacial score (nSPS) is 11.7. The minimum atomic E-state index is -0.878. The van der Waals surface area contributed by atoms with E-state index in [-0.39, 0.29) is 5.56 Å². The minimum Gasteiger partial charge on any atom is -0.271 e. The number of rotatable bonds is 3. The maximum atomic E-state index is 13.3. The van der Waals surface area contributed by atoms with Crippen LogP contribution in [0.4, 0.5) is 8.78 Å². The first-order valence-corrected chi connectivity index (χ1v) is 4.50. The van der Waals surface area contributed by atoms with Crippen molar-refractivity contribution in [2.45, 2.75) is 19.4 Å². The molecule has 1 aromatic rings. The largest absolute Gasteiger partial charge is 0.271 e. The van der Waals surface area contributed by atoms with Crippen LogP contribution < -0.4 is 11.3 Å². The van der Waals surface area contributed by atoms with E-state index in [1.165, 1.54) is 12.1 Å². The summed E-state index contributed by atoms with van der Waals surface area (Å²) in [6.07, 6.45) is 0.341. The fraction of sp³-hybridized carbons (Fsp3) is 0.273. The molecule has 80 valence electrons. The molecule has 0 bridgehead atoms. The van der Waals surface area contributed by atoms with Gasteiger partial charge in [-0.2, -0.15) is 0 Å². The van der Waals surface area contributed by atoms with Crippen LogP contribution in [0.3, 0.4) is 0 Å². The standard InChI is InChI=1S/C11H12F2N2/c1-2-3-7-10(15-14)8-5-4-6-9(12)11(8)13/h4-6,10,15H,7,14H2,1H3. The lowest BCUT2D eigenvalue weighted by Gasteiger charge is -2.14. The number of nitrogens with two attached hydrogens (primary N) is 1. The van der Waals surface area contributed by atoms with E-state index >= 15 is 0 Å².